The quantitative estimate of drug-likeness (QED) is 0.898. The summed E-state index contributed by atoms with van der Waals surface area (Å²) in [5.74, 6) is 0.142. The van der Waals surface area contributed by atoms with Crippen molar-refractivity contribution in [2.24, 2.45) is 0 Å². The van der Waals surface area contributed by atoms with Gasteiger partial charge in [-0.25, -0.2) is 0 Å². The van der Waals surface area contributed by atoms with Gasteiger partial charge in [0, 0.05) is 13.0 Å². The molecule has 1 aliphatic rings. The van der Waals surface area contributed by atoms with E-state index < -0.39 is 0 Å². The summed E-state index contributed by atoms with van der Waals surface area (Å²) in [6, 6.07) is 1.63. The molecule has 82 valence electrons. The minimum Gasteiger partial charge on any atom is -0.457 e. The first-order valence-electron chi connectivity index (χ1n) is 4.82. The maximum absolute atomic E-state index is 11.8. The first-order valence-corrected chi connectivity index (χ1v) is 5.62. The summed E-state index contributed by atoms with van der Waals surface area (Å²) in [5.41, 5.74) is 0.888. The van der Waals surface area contributed by atoms with Gasteiger partial charge in [0.05, 0.1) is 25.5 Å². The van der Waals surface area contributed by atoms with Crippen LogP contribution in [0.15, 0.2) is 21.4 Å². The van der Waals surface area contributed by atoms with Gasteiger partial charge in [-0.1, -0.05) is 0 Å². The Morgan fingerprint density at radius 1 is 1.67 bits per heavy atom. The molecule has 1 aliphatic heterocycles. The number of hydrogen-bond acceptors (Lipinski definition) is 4. The number of ether oxygens (including phenoxy) is 1. The van der Waals surface area contributed by atoms with E-state index in [-0.39, 0.29) is 11.8 Å². The van der Waals surface area contributed by atoms with Gasteiger partial charge in [0.2, 0.25) is 0 Å². The monoisotopic (exact) mass is 273 g/mol. The lowest BCUT2D eigenvalue weighted by molar-refractivity contribution is -0.123. The van der Waals surface area contributed by atoms with E-state index in [0.29, 0.717) is 24.3 Å². The molecule has 5 heteroatoms. The van der Waals surface area contributed by atoms with Gasteiger partial charge < -0.3 is 14.5 Å². The molecule has 1 atom stereocenters. The van der Waals surface area contributed by atoms with E-state index in [9.17, 15) is 4.79 Å². The van der Waals surface area contributed by atoms with Crippen LogP contribution in [0.4, 0.5) is 0 Å². The third-order valence-corrected chi connectivity index (χ3v) is 2.73. The lowest BCUT2D eigenvalue weighted by Gasteiger charge is -2.22. The van der Waals surface area contributed by atoms with Crippen LogP contribution < -0.4 is 5.32 Å². The van der Waals surface area contributed by atoms with E-state index in [1.807, 2.05) is 6.07 Å². The van der Waals surface area contributed by atoms with Crippen molar-refractivity contribution in [1.29, 1.82) is 0 Å². The smallest absolute Gasteiger partial charge is 0.169 e. The van der Waals surface area contributed by atoms with Gasteiger partial charge in [-0.15, -0.1) is 0 Å². The summed E-state index contributed by atoms with van der Waals surface area (Å²) in [4.78, 5) is 11.8. The predicted molar refractivity (Wildman–Crippen MR) is 57.7 cm³/mol. The number of halogens is 1. The van der Waals surface area contributed by atoms with Crippen molar-refractivity contribution in [3.63, 3.8) is 0 Å². The Morgan fingerprint density at radius 2 is 2.53 bits per heavy atom. The predicted octanol–water partition coefficient (Wildman–Crippen LogP) is 1.14. The van der Waals surface area contributed by atoms with Gasteiger partial charge in [-0.05, 0) is 27.6 Å². The Kier molecular flexibility index (Phi) is 3.56. The Morgan fingerprint density at radius 3 is 3.13 bits per heavy atom. The molecule has 15 heavy (non-hydrogen) atoms. The summed E-state index contributed by atoms with van der Waals surface area (Å²) in [7, 11) is 0. The fourth-order valence-electron chi connectivity index (χ4n) is 1.54. The highest BCUT2D eigenvalue weighted by Crippen LogP contribution is 2.15. The van der Waals surface area contributed by atoms with Crippen molar-refractivity contribution >= 4 is 21.7 Å². The summed E-state index contributed by atoms with van der Waals surface area (Å²) in [5, 5.41) is 3.13. The fourth-order valence-corrected chi connectivity index (χ4v) is 1.92. The van der Waals surface area contributed by atoms with Crippen LogP contribution >= 0.6 is 15.9 Å². The van der Waals surface area contributed by atoms with E-state index in [1.54, 1.807) is 6.26 Å². The number of hydrogen-bond donors (Lipinski definition) is 1. The number of furan rings is 1. The minimum absolute atomic E-state index is 0.142. The molecular weight excluding hydrogens is 262 g/mol. The zero-order valence-corrected chi connectivity index (χ0v) is 9.75. The molecule has 1 fully saturated rings. The molecule has 0 aromatic carbocycles. The van der Waals surface area contributed by atoms with Crippen LogP contribution in [-0.2, 0) is 16.0 Å². The van der Waals surface area contributed by atoms with Crippen LogP contribution in [0, 0.1) is 0 Å². The largest absolute Gasteiger partial charge is 0.457 e. The number of Topliss-reactive ketones (excluding diaryl/α,β-unsaturated/α-hetero) is 1. The summed E-state index contributed by atoms with van der Waals surface area (Å²) < 4.78 is 10.9. The van der Waals surface area contributed by atoms with Gasteiger partial charge in [0.15, 0.2) is 10.5 Å². The van der Waals surface area contributed by atoms with Crippen molar-refractivity contribution < 1.29 is 13.9 Å². The molecule has 1 N–H and O–H groups in total. The lowest BCUT2D eigenvalue weighted by atomic mass is 10.1. The van der Waals surface area contributed by atoms with Crippen LogP contribution in [0.3, 0.4) is 0 Å². The second-order valence-electron chi connectivity index (χ2n) is 3.48. The van der Waals surface area contributed by atoms with E-state index in [4.69, 9.17) is 9.15 Å². The van der Waals surface area contributed by atoms with E-state index in [2.05, 4.69) is 21.2 Å². The van der Waals surface area contributed by atoms with E-state index >= 15 is 0 Å². The molecule has 1 unspecified atom stereocenters. The van der Waals surface area contributed by atoms with Gasteiger partial charge in [-0.2, -0.15) is 0 Å². The first kappa shape index (κ1) is 10.9. The Labute approximate surface area is 96.1 Å². The summed E-state index contributed by atoms with van der Waals surface area (Å²) in [6.07, 6.45) is 1.97. The normalized spacial score (nSPS) is 21.5. The molecule has 0 bridgehead atoms. The molecule has 2 rings (SSSR count). The molecule has 1 saturated heterocycles. The maximum Gasteiger partial charge on any atom is 0.169 e. The number of carbonyl (C=O) groups is 1. The summed E-state index contributed by atoms with van der Waals surface area (Å²) in [6.45, 7) is 1.89. The molecule has 2 heterocycles. The number of nitrogens with one attached hydrogen (secondary N) is 1. The van der Waals surface area contributed by atoms with Crippen LogP contribution in [0.5, 0.6) is 0 Å². The molecule has 0 amide bonds. The van der Waals surface area contributed by atoms with Crippen LogP contribution in [0.25, 0.3) is 0 Å². The Bertz CT molecular complexity index is 344. The molecule has 4 nitrogen and oxygen atoms in total. The number of carbonyl (C=O) groups excluding carboxylic acids is 1. The van der Waals surface area contributed by atoms with Crippen molar-refractivity contribution in [2.75, 3.05) is 19.8 Å². The number of morpholine rings is 1. The van der Waals surface area contributed by atoms with Gasteiger partial charge in [-0.3, -0.25) is 4.79 Å². The number of ketones is 1. The summed E-state index contributed by atoms with van der Waals surface area (Å²) >= 11 is 3.20. The topological polar surface area (TPSA) is 51.5 Å². The third-order valence-electron chi connectivity index (χ3n) is 2.31. The highest BCUT2D eigenvalue weighted by atomic mass is 79.9. The molecule has 0 spiro atoms. The zero-order chi connectivity index (χ0) is 10.7. The van der Waals surface area contributed by atoms with Crippen LogP contribution in [0.2, 0.25) is 0 Å². The fraction of sp³-hybridized carbons (Fsp3) is 0.500. The molecule has 1 aromatic rings. The van der Waals surface area contributed by atoms with Crippen molar-refractivity contribution in [2.45, 2.75) is 12.5 Å². The molecule has 0 saturated carbocycles. The Balaban J connectivity index is 1.91. The van der Waals surface area contributed by atoms with E-state index in [1.165, 1.54) is 0 Å². The minimum atomic E-state index is -0.174. The maximum atomic E-state index is 11.8. The van der Waals surface area contributed by atoms with E-state index in [0.717, 1.165) is 12.1 Å². The van der Waals surface area contributed by atoms with Gasteiger partial charge >= 0.3 is 0 Å². The second kappa shape index (κ2) is 4.92. The SMILES string of the molecule is O=C(Cc1coc(Br)c1)C1COCCN1. The van der Waals surface area contributed by atoms with Crippen molar-refractivity contribution in [1.82, 2.24) is 5.32 Å². The average Bonchev–Trinajstić information content (AvgIpc) is 2.65. The zero-order valence-electron chi connectivity index (χ0n) is 8.16. The highest BCUT2D eigenvalue weighted by molar-refractivity contribution is 9.10. The average molecular weight is 274 g/mol. The number of rotatable bonds is 3. The molecular formula is C10H12BrNO3. The molecule has 1 aromatic heterocycles. The Hall–Kier alpha value is -0.650. The van der Waals surface area contributed by atoms with Crippen LogP contribution in [-0.4, -0.2) is 31.6 Å². The first-order chi connectivity index (χ1) is 7.25. The third kappa shape index (κ3) is 2.90. The van der Waals surface area contributed by atoms with Gasteiger partial charge in [0.25, 0.3) is 0 Å². The highest BCUT2D eigenvalue weighted by Gasteiger charge is 2.21. The molecule has 0 radical (unpaired) electrons. The molecule has 0 aliphatic carbocycles. The standard InChI is InChI=1S/C10H12BrNO3/c11-10-4-7(5-15-10)3-9(13)8-6-14-2-1-12-8/h4-5,8,12H,1-3,6H2. The lowest BCUT2D eigenvalue weighted by Crippen LogP contribution is -2.47. The van der Waals surface area contributed by atoms with Gasteiger partial charge in [0.1, 0.15) is 0 Å². The van der Waals surface area contributed by atoms with Crippen molar-refractivity contribution in [3.05, 3.63) is 22.6 Å². The van der Waals surface area contributed by atoms with Crippen molar-refractivity contribution in [3.8, 4) is 0 Å². The second-order valence-corrected chi connectivity index (χ2v) is 4.27. The van der Waals surface area contributed by atoms with Crippen LogP contribution in [0.1, 0.15) is 5.56 Å².